The summed E-state index contributed by atoms with van der Waals surface area (Å²) in [6.45, 7) is 0.171. The van der Waals surface area contributed by atoms with Crippen LogP contribution in [0.3, 0.4) is 0 Å². The summed E-state index contributed by atoms with van der Waals surface area (Å²) in [6.07, 6.45) is -1.26. The Bertz CT molecular complexity index is 1500. The van der Waals surface area contributed by atoms with Crippen molar-refractivity contribution in [3.05, 3.63) is 30.0 Å². The number of fused-ring (bicyclic) bond motifs is 2. The van der Waals surface area contributed by atoms with Gasteiger partial charge >= 0.3 is 0 Å². The molecule has 0 atom stereocenters. The van der Waals surface area contributed by atoms with E-state index in [1.807, 2.05) is 0 Å². The second-order valence-electron chi connectivity index (χ2n) is 8.85. The van der Waals surface area contributed by atoms with Crippen LogP contribution in [0.2, 0.25) is 0 Å². The van der Waals surface area contributed by atoms with Crippen LogP contribution in [0.15, 0.2) is 18.3 Å². The second kappa shape index (κ2) is 11.0. The van der Waals surface area contributed by atoms with Gasteiger partial charge in [-0.25, -0.2) is 36.4 Å². The largest absolute Gasteiger partial charge is 0.387 e. The summed E-state index contributed by atoms with van der Waals surface area (Å²) in [5.74, 6) is -3.28. The molecule has 0 saturated carbocycles. The molecule has 1 amide bonds. The van der Waals surface area contributed by atoms with E-state index in [4.69, 9.17) is 10.8 Å². The van der Waals surface area contributed by atoms with Crippen LogP contribution in [-0.4, -0.2) is 84.1 Å². The molecule has 1 saturated heterocycles. The third kappa shape index (κ3) is 5.84. The molecule has 11 nitrogen and oxygen atoms in total. The van der Waals surface area contributed by atoms with E-state index < -0.39 is 43.8 Å². The molecule has 39 heavy (non-hydrogen) atoms. The average molecular weight is 556 g/mol. The minimum Gasteiger partial charge on any atom is -0.387 e. The first-order valence-electron chi connectivity index (χ1n) is 11.8. The highest BCUT2D eigenvalue weighted by Gasteiger charge is 2.36. The summed E-state index contributed by atoms with van der Waals surface area (Å²) in [5, 5.41) is 15.2. The molecular formula is C23H26F5N9O2. The van der Waals surface area contributed by atoms with Gasteiger partial charge < -0.3 is 25.6 Å². The highest BCUT2D eigenvalue weighted by atomic mass is 19.3. The topological polar surface area (TPSA) is 139 Å². The van der Waals surface area contributed by atoms with Crippen molar-refractivity contribution in [2.24, 2.45) is 0 Å². The van der Waals surface area contributed by atoms with Crippen molar-refractivity contribution < 1.29 is 31.9 Å². The lowest BCUT2D eigenvalue weighted by atomic mass is 10.1. The number of rotatable bonds is 5. The fraction of sp³-hybridized carbons (Fsp3) is 0.435. The summed E-state index contributed by atoms with van der Waals surface area (Å²) >= 11 is 0. The molecule has 1 aliphatic rings. The first kappa shape index (κ1) is 27.9. The number of likely N-dealkylation sites (tertiary alicyclic amines) is 1. The van der Waals surface area contributed by atoms with Crippen molar-refractivity contribution in [3.8, 4) is 11.3 Å². The zero-order chi connectivity index (χ0) is 28.5. The van der Waals surface area contributed by atoms with Crippen LogP contribution in [0.4, 0.5) is 33.7 Å². The number of amides is 1. The number of carbonyl (C=O) groups is 1. The van der Waals surface area contributed by atoms with Crippen molar-refractivity contribution in [2.45, 2.75) is 38.7 Å². The normalized spacial score (nSPS) is 15.1. The summed E-state index contributed by atoms with van der Waals surface area (Å²) in [4.78, 5) is 24.5. The second-order valence-corrected chi connectivity index (χ2v) is 8.85. The van der Waals surface area contributed by atoms with Gasteiger partial charge in [0.2, 0.25) is 11.9 Å². The highest BCUT2D eigenvalue weighted by molar-refractivity contribution is 5.89. The van der Waals surface area contributed by atoms with E-state index in [9.17, 15) is 26.7 Å². The molecule has 0 unspecified atom stereocenters. The van der Waals surface area contributed by atoms with Gasteiger partial charge in [0.05, 0.1) is 30.5 Å². The molecule has 4 aromatic rings. The zero-order valence-electron chi connectivity index (χ0n) is 21.0. The number of imidazole rings is 1. The first-order valence-corrected chi connectivity index (χ1v) is 11.8. The van der Waals surface area contributed by atoms with E-state index in [0.29, 0.717) is 35.6 Å². The summed E-state index contributed by atoms with van der Waals surface area (Å²) in [6, 6.07) is 3.20. The third-order valence-corrected chi connectivity index (χ3v) is 6.08. The lowest BCUT2D eigenvalue weighted by molar-refractivity contribution is -0.144. The molecule has 0 aliphatic carbocycles. The van der Waals surface area contributed by atoms with E-state index in [2.05, 4.69) is 25.4 Å². The molecule has 210 valence electrons. The van der Waals surface area contributed by atoms with Crippen LogP contribution in [0.1, 0.15) is 18.7 Å². The van der Waals surface area contributed by atoms with Crippen LogP contribution in [-0.2, 0) is 11.3 Å². The van der Waals surface area contributed by atoms with Gasteiger partial charge in [-0.2, -0.15) is 4.98 Å². The van der Waals surface area contributed by atoms with Gasteiger partial charge in [0, 0.05) is 20.0 Å². The molecule has 1 aliphatic heterocycles. The maximum Gasteiger partial charge on any atom is 0.265 e. The maximum atomic E-state index is 14.7. The number of aliphatic hydroxyl groups excluding tert-OH is 1. The number of anilines is 2. The molecular weight excluding hydrogens is 529 g/mol. The average Bonchev–Trinajstić information content (AvgIpc) is 3.37. The molecule has 1 fully saturated rings. The fourth-order valence-electron chi connectivity index (χ4n) is 4.38. The number of hydrogen-bond acceptors (Lipinski definition) is 8. The molecule has 0 aromatic carbocycles. The Kier molecular flexibility index (Phi) is 7.85. The molecule has 0 radical (unpaired) electrons. The van der Waals surface area contributed by atoms with E-state index >= 15 is 0 Å². The van der Waals surface area contributed by atoms with E-state index in [1.54, 1.807) is 26.1 Å². The Morgan fingerprint density at radius 1 is 1.26 bits per heavy atom. The molecule has 5 heterocycles. The minimum atomic E-state index is -2.77. The van der Waals surface area contributed by atoms with Gasteiger partial charge in [-0.05, 0) is 25.5 Å². The van der Waals surface area contributed by atoms with Gasteiger partial charge in [0.1, 0.15) is 23.5 Å². The van der Waals surface area contributed by atoms with Crippen LogP contribution in [0.5, 0.6) is 0 Å². The standard InChI is InChI=1S/C16H15F3N8.C7H11F2NO2/c1-7-22-10-4-3-9(23-15(10)26(7)6-11(18)19)12-8(17)5-27-13(12)14(21-2)24-16(20)25-27;8-7(9)2-1-3-10(5-7)6(12)4-11/h3-5,11H,6H2,1-2H3,(H3,20,21,24,25);11H,1-5H2. The number of hydrogen-bond donors (Lipinski definition) is 3. The van der Waals surface area contributed by atoms with Crippen LogP contribution in [0.25, 0.3) is 27.9 Å². The van der Waals surface area contributed by atoms with Crippen molar-refractivity contribution in [1.29, 1.82) is 0 Å². The predicted octanol–water partition coefficient (Wildman–Crippen LogP) is 2.71. The van der Waals surface area contributed by atoms with Gasteiger partial charge in [0.25, 0.3) is 12.3 Å². The van der Waals surface area contributed by atoms with Crippen LogP contribution < -0.4 is 11.1 Å². The van der Waals surface area contributed by atoms with Crippen molar-refractivity contribution in [3.63, 3.8) is 0 Å². The Labute approximate surface area is 218 Å². The molecule has 4 N–H and O–H groups in total. The highest BCUT2D eigenvalue weighted by Crippen LogP contribution is 2.33. The Balaban J connectivity index is 0.000000247. The monoisotopic (exact) mass is 555 g/mol. The number of halogens is 5. The minimum absolute atomic E-state index is 0.0255. The number of aryl methyl sites for hydroxylation is 1. The molecule has 0 bridgehead atoms. The van der Waals surface area contributed by atoms with E-state index in [1.165, 1.54) is 9.08 Å². The van der Waals surface area contributed by atoms with E-state index in [-0.39, 0.29) is 29.3 Å². The number of aromatic nitrogens is 6. The quantitative estimate of drug-likeness (QED) is 0.320. The summed E-state index contributed by atoms with van der Waals surface area (Å²) in [7, 11) is 1.62. The third-order valence-electron chi connectivity index (χ3n) is 6.08. The number of piperidine rings is 1. The van der Waals surface area contributed by atoms with Gasteiger partial charge in [-0.1, -0.05) is 0 Å². The number of aliphatic hydroxyl groups is 1. The zero-order valence-corrected chi connectivity index (χ0v) is 21.0. The Morgan fingerprint density at radius 3 is 2.64 bits per heavy atom. The number of alkyl halides is 4. The van der Waals surface area contributed by atoms with Crippen LogP contribution in [0, 0.1) is 12.7 Å². The number of nitrogens with one attached hydrogen (secondary N) is 1. The fourth-order valence-corrected chi connectivity index (χ4v) is 4.38. The van der Waals surface area contributed by atoms with E-state index in [0.717, 1.165) is 11.1 Å². The number of nitrogen functional groups attached to an aromatic ring is 1. The number of pyridine rings is 1. The number of nitrogens with two attached hydrogens (primary N) is 1. The Morgan fingerprint density at radius 2 is 2.00 bits per heavy atom. The van der Waals surface area contributed by atoms with Gasteiger partial charge in [-0.3, -0.25) is 4.79 Å². The Hall–Kier alpha value is -4.08. The lowest BCUT2D eigenvalue weighted by Crippen LogP contribution is -2.46. The molecule has 5 rings (SSSR count). The van der Waals surface area contributed by atoms with Crippen LogP contribution >= 0.6 is 0 Å². The lowest BCUT2D eigenvalue weighted by Gasteiger charge is -2.31. The van der Waals surface area contributed by atoms with Crippen molar-refractivity contribution in [2.75, 3.05) is 37.8 Å². The SMILES string of the molecule is CNc1nc(N)nn2cc(F)c(-c3ccc4nc(C)n(CC(F)F)c4n3)c12.O=C(CO)N1CCCC(F)(F)C1. The van der Waals surface area contributed by atoms with Gasteiger partial charge in [-0.15, -0.1) is 5.10 Å². The predicted molar refractivity (Wildman–Crippen MR) is 132 cm³/mol. The van der Waals surface area contributed by atoms with Gasteiger partial charge in [0.15, 0.2) is 17.3 Å². The molecule has 4 aromatic heterocycles. The smallest absolute Gasteiger partial charge is 0.265 e. The van der Waals surface area contributed by atoms with Crippen molar-refractivity contribution >= 4 is 34.4 Å². The summed E-state index contributed by atoms with van der Waals surface area (Å²) in [5.41, 5.74) is 7.08. The first-order chi connectivity index (χ1) is 18.4. The van der Waals surface area contributed by atoms with Crippen molar-refractivity contribution in [1.82, 2.24) is 34.0 Å². The molecule has 16 heteroatoms. The number of carbonyl (C=O) groups excluding carboxylic acids is 1. The molecule has 0 spiro atoms. The maximum absolute atomic E-state index is 14.7. The number of nitrogens with zero attached hydrogens (tertiary/aromatic N) is 7. The summed E-state index contributed by atoms with van der Waals surface area (Å²) < 4.78 is 68.5.